The second kappa shape index (κ2) is 4.44. The highest BCUT2D eigenvalue weighted by Crippen LogP contribution is 2.27. The lowest BCUT2D eigenvalue weighted by molar-refractivity contribution is 0.101. The number of Topliss-reactive ketones (excluding diaryl/α,β-unsaturated/α-hetero) is 1. The number of halogens is 1. The highest BCUT2D eigenvalue weighted by atomic mass is 32.2. The first-order chi connectivity index (χ1) is 7.66. The highest BCUT2D eigenvalue weighted by Gasteiger charge is 2.08. The summed E-state index contributed by atoms with van der Waals surface area (Å²) in [4.78, 5) is 15.3. The standard InChI is InChI=1S/C10H8FN3OS/c1-6(15)7-2-3-9(8(11)4-7)16-10-12-5-13-14-10/h2-5H,1H3,(H,12,13,14). The van der Waals surface area contributed by atoms with E-state index in [1.54, 1.807) is 12.1 Å². The lowest BCUT2D eigenvalue weighted by atomic mass is 10.1. The summed E-state index contributed by atoms with van der Waals surface area (Å²) in [5.74, 6) is -0.593. The Bertz CT molecular complexity index is 513. The van der Waals surface area contributed by atoms with E-state index in [4.69, 9.17) is 0 Å². The summed E-state index contributed by atoms with van der Waals surface area (Å²) < 4.78 is 13.6. The Balaban J connectivity index is 2.26. The molecule has 0 aliphatic heterocycles. The van der Waals surface area contributed by atoms with Gasteiger partial charge in [0.2, 0.25) is 0 Å². The number of aromatic nitrogens is 3. The molecule has 1 aromatic carbocycles. The SMILES string of the molecule is CC(=O)c1ccc(Sc2ncn[nH]2)c(F)c1. The van der Waals surface area contributed by atoms with E-state index >= 15 is 0 Å². The summed E-state index contributed by atoms with van der Waals surface area (Å²) in [7, 11) is 0. The molecule has 0 amide bonds. The Morgan fingerprint density at radius 3 is 2.88 bits per heavy atom. The van der Waals surface area contributed by atoms with E-state index in [0.717, 1.165) is 11.8 Å². The number of rotatable bonds is 3. The second-order valence-electron chi connectivity index (χ2n) is 3.09. The van der Waals surface area contributed by atoms with E-state index in [2.05, 4.69) is 15.2 Å². The van der Waals surface area contributed by atoms with Gasteiger partial charge < -0.3 is 0 Å². The van der Waals surface area contributed by atoms with E-state index in [1.165, 1.54) is 19.3 Å². The first-order valence-electron chi connectivity index (χ1n) is 4.50. The van der Waals surface area contributed by atoms with Crippen molar-refractivity contribution in [2.45, 2.75) is 17.0 Å². The van der Waals surface area contributed by atoms with Crippen molar-refractivity contribution in [3.63, 3.8) is 0 Å². The van der Waals surface area contributed by atoms with Gasteiger partial charge in [0.25, 0.3) is 0 Å². The van der Waals surface area contributed by atoms with Gasteiger partial charge in [-0.1, -0.05) is 6.07 Å². The number of nitrogens with one attached hydrogen (secondary N) is 1. The van der Waals surface area contributed by atoms with Crippen molar-refractivity contribution in [1.29, 1.82) is 0 Å². The number of H-pyrrole nitrogens is 1. The van der Waals surface area contributed by atoms with Crippen LogP contribution in [0.5, 0.6) is 0 Å². The third-order valence-corrected chi connectivity index (χ3v) is 2.88. The van der Waals surface area contributed by atoms with Crippen molar-refractivity contribution in [3.05, 3.63) is 35.9 Å². The fraction of sp³-hybridized carbons (Fsp3) is 0.100. The summed E-state index contributed by atoms with van der Waals surface area (Å²) in [6, 6.07) is 4.37. The van der Waals surface area contributed by atoms with Crippen LogP contribution in [0.25, 0.3) is 0 Å². The van der Waals surface area contributed by atoms with Crippen LogP contribution in [0.3, 0.4) is 0 Å². The van der Waals surface area contributed by atoms with Crippen molar-refractivity contribution in [2.24, 2.45) is 0 Å². The molecule has 0 fully saturated rings. The molecule has 1 aromatic heterocycles. The van der Waals surface area contributed by atoms with Gasteiger partial charge in [-0.05, 0) is 30.8 Å². The molecule has 0 aliphatic rings. The van der Waals surface area contributed by atoms with Crippen molar-refractivity contribution < 1.29 is 9.18 Å². The first kappa shape index (κ1) is 10.8. The fourth-order valence-corrected chi connectivity index (χ4v) is 1.85. The quantitative estimate of drug-likeness (QED) is 0.832. The third kappa shape index (κ3) is 2.27. The van der Waals surface area contributed by atoms with E-state index < -0.39 is 5.82 Å². The third-order valence-electron chi connectivity index (χ3n) is 1.94. The largest absolute Gasteiger partial charge is 0.295 e. The summed E-state index contributed by atoms with van der Waals surface area (Å²) in [6.45, 7) is 1.40. The number of benzene rings is 1. The van der Waals surface area contributed by atoms with Gasteiger partial charge in [0.05, 0.1) is 4.90 Å². The monoisotopic (exact) mass is 237 g/mol. The molecule has 6 heteroatoms. The van der Waals surface area contributed by atoms with Gasteiger partial charge in [0.15, 0.2) is 10.9 Å². The molecule has 0 unspecified atom stereocenters. The van der Waals surface area contributed by atoms with E-state index in [-0.39, 0.29) is 5.78 Å². The average molecular weight is 237 g/mol. The number of hydrogen-bond donors (Lipinski definition) is 1. The van der Waals surface area contributed by atoms with Gasteiger partial charge in [-0.25, -0.2) is 9.37 Å². The molecule has 0 saturated heterocycles. The van der Waals surface area contributed by atoms with Crippen molar-refractivity contribution >= 4 is 17.5 Å². The Morgan fingerprint density at radius 1 is 1.50 bits per heavy atom. The van der Waals surface area contributed by atoms with Gasteiger partial charge in [0.1, 0.15) is 12.1 Å². The minimum absolute atomic E-state index is 0.157. The topological polar surface area (TPSA) is 58.6 Å². The molecule has 4 nitrogen and oxygen atoms in total. The second-order valence-corrected chi connectivity index (χ2v) is 4.12. The number of nitrogens with zero attached hydrogens (tertiary/aromatic N) is 2. The smallest absolute Gasteiger partial charge is 0.188 e. The average Bonchev–Trinajstić information content (AvgIpc) is 2.73. The van der Waals surface area contributed by atoms with Crippen LogP contribution in [0.2, 0.25) is 0 Å². The van der Waals surface area contributed by atoms with Crippen molar-refractivity contribution in [2.75, 3.05) is 0 Å². The maximum absolute atomic E-state index is 13.6. The molecular formula is C10H8FN3OS. The van der Waals surface area contributed by atoms with Gasteiger partial charge in [-0.3, -0.25) is 9.89 Å². The summed E-state index contributed by atoms with van der Waals surface area (Å²) >= 11 is 1.13. The molecule has 2 aromatic rings. The lowest BCUT2D eigenvalue weighted by Crippen LogP contribution is -1.93. The molecule has 0 aliphatic carbocycles. The first-order valence-corrected chi connectivity index (χ1v) is 5.32. The maximum Gasteiger partial charge on any atom is 0.188 e. The number of carbonyl (C=O) groups is 1. The van der Waals surface area contributed by atoms with E-state index in [1.807, 2.05) is 0 Å². The molecule has 0 bridgehead atoms. The predicted molar refractivity (Wildman–Crippen MR) is 56.9 cm³/mol. The minimum Gasteiger partial charge on any atom is -0.295 e. The molecule has 0 spiro atoms. The molecule has 0 radical (unpaired) electrons. The van der Waals surface area contributed by atoms with Crippen molar-refractivity contribution in [3.8, 4) is 0 Å². The molecule has 82 valence electrons. The normalized spacial score (nSPS) is 10.4. The Hall–Kier alpha value is -1.69. The minimum atomic E-state index is -0.436. The Labute approximate surface area is 95.3 Å². The van der Waals surface area contributed by atoms with Crippen LogP contribution in [0.1, 0.15) is 17.3 Å². The van der Waals surface area contributed by atoms with Crippen LogP contribution in [0.4, 0.5) is 4.39 Å². The Morgan fingerprint density at radius 2 is 2.31 bits per heavy atom. The van der Waals surface area contributed by atoms with Crippen LogP contribution in [-0.4, -0.2) is 21.0 Å². The number of hydrogen-bond acceptors (Lipinski definition) is 4. The fourth-order valence-electron chi connectivity index (χ4n) is 1.15. The lowest BCUT2D eigenvalue weighted by Gasteiger charge is -2.01. The van der Waals surface area contributed by atoms with Gasteiger partial charge >= 0.3 is 0 Å². The summed E-state index contributed by atoms with van der Waals surface area (Å²) in [5.41, 5.74) is 0.361. The molecule has 1 N–H and O–H groups in total. The molecule has 1 heterocycles. The van der Waals surface area contributed by atoms with Crippen molar-refractivity contribution in [1.82, 2.24) is 15.2 Å². The zero-order valence-electron chi connectivity index (χ0n) is 8.40. The molecule has 0 saturated carbocycles. The predicted octanol–water partition coefficient (Wildman–Crippen LogP) is 2.30. The van der Waals surface area contributed by atoms with Crippen LogP contribution in [0.15, 0.2) is 34.6 Å². The van der Waals surface area contributed by atoms with Gasteiger partial charge in [0, 0.05) is 5.56 Å². The molecule has 16 heavy (non-hydrogen) atoms. The summed E-state index contributed by atoms with van der Waals surface area (Å²) in [6.07, 6.45) is 1.35. The number of aromatic amines is 1. The molecule has 0 atom stereocenters. The van der Waals surface area contributed by atoms with Crippen LogP contribution < -0.4 is 0 Å². The van der Waals surface area contributed by atoms with Crippen LogP contribution in [-0.2, 0) is 0 Å². The van der Waals surface area contributed by atoms with Crippen LogP contribution in [0, 0.1) is 5.82 Å². The van der Waals surface area contributed by atoms with Crippen LogP contribution >= 0.6 is 11.8 Å². The Kier molecular flexibility index (Phi) is 3.00. The zero-order chi connectivity index (χ0) is 11.5. The highest BCUT2D eigenvalue weighted by molar-refractivity contribution is 7.99. The van der Waals surface area contributed by atoms with Gasteiger partial charge in [-0.2, -0.15) is 5.10 Å². The summed E-state index contributed by atoms with van der Waals surface area (Å²) in [5, 5.41) is 6.79. The molecular weight excluding hydrogens is 229 g/mol. The number of carbonyl (C=O) groups excluding carboxylic acids is 1. The maximum atomic E-state index is 13.6. The van der Waals surface area contributed by atoms with E-state index in [0.29, 0.717) is 15.6 Å². The zero-order valence-corrected chi connectivity index (χ0v) is 9.21. The molecule has 2 rings (SSSR count). The van der Waals surface area contributed by atoms with E-state index in [9.17, 15) is 9.18 Å². The number of ketones is 1. The van der Waals surface area contributed by atoms with Gasteiger partial charge in [-0.15, -0.1) is 0 Å².